The van der Waals surface area contributed by atoms with Crippen molar-refractivity contribution in [3.05, 3.63) is 29.0 Å². The van der Waals surface area contributed by atoms with Gasteiger partial charge in [0.05, 0.1) is 5.02 Å². The van der Waals surface area contributed by atoms with Crippen LogP contribution in [-0.2, 0) is 6.54 Å². The molecule has 0 aliphatic carbocycles. The lowest BCUT2D eigenvalue weighted by Crippen LogP contribution is -2.22. The standard InChI is InChI=1S/C12H20ClN3/c1-2-5-14-6-3-7-15-9-11-4-8-16-10-12(11)13/h4,8,10,14-15H,2-3,5-7,9H2,1H3. The Bertz CT molecular complexity index is 291. The van der Waals surface area contributed by atoms with Gasteiger partial charge in [0.1, 0.15) is 0 Å². The van der Waals surface area contributed by atoms with Crippen molar-refractivity contribution in [1.82, 2.24) is 15.6 Å². The van der Waals surface area contributed by atoms with Gasteiger partial charge in [-0.15, -0.1) is 0 Å². The lowest BCUT2D eigenvalue weighted by molar-refractivity contribution is 0.592. The molecular formula is C12H20ClN3. The molecule has 2 N–H and O–H groups in total. The molecule has 0 unspecified atom stereocenters. The van der Waals surface area contributed by atoms with Crippen LogP contribution in [0.2, 0.25) is 5.02 Å². The van der Waals surface area contributed by atoms with Crippen molar-refractivity contribution in [2.24, 2.45) is 0 Å². The quantitative estimate of drug-likeness (QED) is 0.686. The van der Waals surface area contributed by atoms with Crippen LogP contribution in [0, 0.1) is 0 Å². The third-order valence-corrected chi connectivity index (χ3v) is 2.65. The molecule has 0 atom stereocenters. The molecule has 0 spiro atoms. The molecule has 0 aliphatic rings. The van der Waals surface area contributed by atoms with Crippen molar-refractivity contribution in [2.45, 2.75) is 26.3 Å². The number of nitrogens with zero attached hydrogens (tertiary/aromatic N) is 1. The molecule has 90 valence electrons. The summed E-state index contributed by atoms with van der Waals surface area (Å²) in [5.74, 6) is 0. The average molecular weight is 242 g/mol. The molecule has 3 nitrogen and oxygen atoms in total. The first kappa shape index (κ1) is 13.4. The van der Waals surface area contributed by atoms with Gasteiger partial charge in [-0.3, -0.25) is 4.98 Å². The minimum Gasteiger partial charge on any atom is -0.317 e. The minimum atomic E-state index is 0.735. The van der Waals surface area contributed by atoms with E-state index in [2.05, 4.69) is 22.5 Å². The molecule has 4 heteroatoms. The molecule has 16 heavy (non-hydrogen) atoms. The van der Waals surface area contributed by atoms with E-state index >= 15 is 0 Å². The van der Waals surface area contributed by atoms with E-state index in [1.165, 1.54) is 6.42 Å². The number of hydrogen-bond acceptors (Lipinski definition) is 3. The van der Waals surface area contributed by atoms with Gasteiger partial charge in [-0.05, 0) is 44.1 Å². The van der Waals surface area contributed by atoms with Crippen LogP contribution in [0.4, 0.5) is 0 Å². The van der Waals surface area contributed by atoms with E-state index in [9.17, 15) is 0 Å². The number of hydrogen-bond donors (Lipinski definition) is 2. The van der Waals surface area contributed by atoms with Crippen LogP contribution in [0.15, 0.2) is 18.5 Å². The van der Waals surface area contributed by atoms with Gasteiger partial charge in [0.15, 0.2) is 0 Å². The van der Waals surface area contributed by atoms with Crippen molar-refractivity contribution in [3.8, 4) is 0 Å². The molecular weight excluding hydrogens is 222 g/mol. The predicted octanol–water partition coefficient (Wildman–Crippen LogP) is 2.21. The molecule has 0 radical (unpaired) electrons. The summed E-state index contributed by atoms with van der Waals surface area (Å²) in [6.45, 7) is 6.18. The summed E-state index contributed by atoms with van der Waals surface area (Å²) in [6, 6.07) is 1.95. The van der Waals surface area contributed by atoms with Gasteiger partial charge >= 0.3 is 0 Å². The maximum Gasteiger partial charge on any atom is 0.0634 e. The fourth-order valence-corrected chi connectivity index (χ4v) is 1.60. The molecule has 1 heterocycles. The third-order valence-electron chi connectivity index (χ3n) is 2.31. The van der Waals surface area contributed by atoms with Gasteiger partial charge in [0, 0.05) is 18.9 Å². The number of halogens is 1. The van der Waals surface area contributed by atoms with Gasteiger partial charge in [0.2, 0.25) is 0 Å². The molecule has 0 saturated carbocycles. The summed E-state index contributed by atoms with van der Waals surface area (Å²) in [5.41, 5.74) is 1.11. The van der Waals surface area contributed by atoms with Crippen LogP contribution in [0.25, 0.3) is 0 Å². The highest BCUT2D eigenvalue weighted by molar-refractivity contribution is 6.31. The molecule has 0 aromatic carbocycles. The van der Waals surface area contributed by atoms with Crippen molar-refractivity contribution in [2.75, 3.05) is 19.6 Å². The number of rotatable bonds is 8. The van der Waals surface area contributed by atoms with Crippen LogP contribution in [-0.4, -0.2) is 24.6 Å². The first-order valence-corrected chi connectivity index (χ1v) is 6.22. The van der Waals surface area contributed by atoms with Gasteiger partial charge in [0.25, 0.3) is 0 Å². The largest absolute Gasteiger partial charge is 0.317 e. The molecule has 0 aliphatic heterocycles. The summed E-state index contributed by atoms with van der Waals surface area (Å²) >= 11 is 5.99. The van der Waals surface area contributed by atoms with E-state index in [1.807, 2.05) is 6.07 Å². The predicted molar refractivity (Wildman–Crippen MR) is 68.7 cm³/mol. The Morgan fingerprint density at radius 1 is 1.25 bits per heavy atom. The van der Waals surface area contributed by atoms with Crippen LogP contribution in [0.5, 0.6) is 0 Å². The van der Waals surface area contributed by atoms with Gasteiger partial charge in [-0.2, -0.15) is 0 Å². The highest BCUT2D eigenvalue weighted by Crippen LogP contribution is 2.12. The summed E-state index contributed by atoms with van der Waals surface area (Å²) in [6.07, 6.45) is 5.79. The summed E-state index contributed by atoms with van der Waals surface area (Å²) in [7, 11) is 0. The Hall–Kier alpha value is -0.640. The van der Waals surface area contributed by atoms with Crippen molar-refractivity contribution in [3.63, 3.8) is 0 Å². The van der Waals surface area contributed by atoms with Crippen LogP contribution in [0.3, 0.4) is 0 Å². The van der Waals surface area contributed by atoms with Gasteiger partial charge in [-0.25, -0.2) is 0 Å². The fraction of sp³-hybridized carbons (Fsp3) is 0.583. The Morgan fingerprint density at radius 2 is 2.06 bits per heavy atom. The Kier molecular flexibility index (Phi) is 7.14. The smallest absolute Gasteiger partial charge is 0.0634 e. The van der Waals surface area contributed by atoms with Crippen molar-refractivity contribution >= 4 is 11.6 Å². The van der Waals surface area contributed by atoms with E-state index < -0.39 is 0 Å². The second-order valence-electron chi connectivity index (χ2n) is 3.75. The molecule has 0 saturated heterocycles. The summed E-state index contributed by atoms with van der Waals surface area (Å²) in [4.78, 5) is 3.95. The average Bonchev–Trinajstić information content (AvgIpc) is 2.30. The number of aromatic nitrogens is 1. The first-order valence-electron chi connectivity index (χ1n) is 5.84. The highest BCUT2D eigenvalue weighted by Gasteiger charge is 1.97. The van der Waals surface area contributed by atoms with E-state index in [4.69, 9.17) is 11.6 Å². The molecule has 0 fully saturated rings. The second-order valence-corrected chi connectivity index (χ2v) is 4.15. The minimum absolute atomic E-state index is 0.735. The van der Waals surface area contributed by atoms with Crippen LogP contribution in [0.1, 0.15) is 25.3 Å². The van der Waals surface area contributed by atoms with Crippen molar-refractivity contribution < 1.29 is 0 Å². The van der Waals surface area contributed by atoms with E-state index in [-0.39, 0.29) is 0 Å². The number of pyridine rings is 1. The zero-order valence-electron chi connectivity index (χ0n) is 9.80. The zero-order chi connectivity index (χ0) is 11.6. The molecule has 0 amide bonds. The van der Waals surface area contributed by atoms with E-state index in [0.717, 1.165) is 43.2 Å². The molecule has 1 aromatic rings. The van der Waals surface area contributed by atoms with Crippen molar-refractivity contribution in [1.29, 1.82) is 0 Å². The molecule has 0 bridgehead atoms. The second kappa shape index (κ2) is 8.50. The molecule has 1 rings (SSSR count). The van der Waals surface area contributed by atoms with Gasteiger partial charge in [-0.1, -0.05) is 18.5 Å². The number of nitrogens with one attached hydrogen (secondary N) is 2. The first-order chi connectivity index (χ1) is 7.84. The lowest BCUT2D eigenvalue weighted by atomic mass is 10.2. The Labute approximate surface area is 103 Å². The topological polar surface area (TPSA) is 37.0 Å². The fourth-order valence-electron chi connectivity index (χ4n) is 1.41. The normalized spacial score (nSPS) is 10.6. The third kappa shape index (κ3) is 5.45. The monoisotopic (exact) mass is 241 g/mol. The SMILES string of the molecule is CCCNCCCNCc1ccncc1Cl. The molecule has 1 aromatic heterocycles. The Balaban J connectivity index is 2.05. The van der Waals surface area contributed by atoms with Crippen LogP contribution < -0.4 is 10.6 Å². The maximum atomic E-state index is 5.99. The van der Waals surface area contributed by atoms with E-state index in [1.54, 1.807) is 12.4 Å². The van der Waals surface area contributed by atoms with Crippen LogP contribution >= 0.6 is 11.6 Å². The maximum absolute atomic E-state index is 5.99. The lowest BCUT2D eigenvalue weighted by Gasteiger charge is -2.06. The van der Waals surface area contributed by atoms with Gasteiger partial charge < -0.3 is 10.6 Å². The summed E-state index contributed by atoms with van der Waals surface area (Å²) < 4.78 is 0. The summed E-state index contributed by atoms with van der Waals surface area (Å²) in [5, 5.41) is 7.47. The Morgan fingerprint density at radius 3 is 2.81 bits per heavy atom. The van der Waals surface area contributed by atoms with E-state index in [0.29, 0.717) is 0 Å². The highest BCUT2D eigenvalue weighted by atomic mass is 35.5. The zero-order valence-corrected chi connectivity index (χ0v) is 10.6.